The quantitative estimate of drug-likeness (QED) is 0.834. The van der Waals surface area contributed by atoms with Crippen molar-refractivity contribution in [3.63, 3.8) is 0 Å². The number of aryl methyl sites for hydroxylation is 2. The van der Waals surface area contributed by atoms with Crippen LogP contribution in [0.3, 0.4) is 0 Å². The van der Waals surface area contributed by atoms with Crippen LogP contribution in [0.15, 0.2) is 18.2 Å². The third-order valence-electron chi connectivity index (χ3n) is 3.64. The Morgan fingerprint density at radius 3 is 2.46 bits per heavy atom. The van der Waals surface area contributed by atoms with Crippen molar-refractivity contribution in [2.24, 2.45) is 0 Å². The lowest BCUT2D eigenvalue weighted by molar-refractivity contribution is 0.0376. The molecule has 1 heterocycles. The van der Waals surface area contributed by atoms with Crippen LogP contribution in [0, 0.1) is 26.6 Å². The van der Waals surface area contributed by atoms with Gasteiger partial charge in [-0.1, -0.05) is 6.07 Å². The van der Waals surface area contributed by atoms with Crippen LogP contribution in [0.1, 0.15) is 51.5 Å². The van der Waals surface area contributed by atoms with Crippen molar-refractivity contribution in [1.29, 1.82) is 0 Å². The SMILES string of the molecule is Cc1ccc(NC(=O)c2[nH]c(C)c(C(=O)OC(C)C)c2C)cc1F. The summed E-state index contributed by atoms with van der Waals surface area (Å²) in [7, 11) is 0. The molecule has 0 aliphatic rings. The number of aromatic nitrogens is 1. The highest BCUT2D eigenvalue weighted by Crippen LogP contribution is 2.21. The van der Waals surface area contributed by atoms with E-state index in [1.807, 2.05) is 0 Å². The summed E-state index contributed by atoms with van der Waals surface area (Å²) >= 11 is 0. The molecule has 0 bridgehead atoms. The van der Waals surface area contributed by atoms with Gasteiger partial charge in [-0.3, -0.25) is 4.79 Å². The van der Waals surface area contributed by atoms with Gasteiger partial charge in [-0.15, -0.1) is 0 Å². The summed E-state index contributed by atoms with van der Waals surface area (Å²) in [6, 6.07) is 4.46. The summed E-state index contributed by atoms with van der Waals surface area (Å²) in [6.07, 6.45) is -0.251. The van der Waals surface area contributed by atoms with E-state index in [0.717, 1.165) is 0 Å². The van der Waals surface area contributed by atoms with Crippen molar-refractivity contribution in [2.75, 3.05) is 5.32 Å². The van der Waals surface area contributed by atoms with Crippen molar-refractivity contribution in [3.8, 4) is 0 Å². The molecule has 2 rings (SSSR count). The molecule has 6 heteroatoms. The van der Waals surface area contributed by atoms with E-state index in [1.54, 1.807) is 46.8 Å². The van der Waals surface area contributed by atoms with E-state index in [0.29, 0.717) is 28.1 Å². The standard InChI is InChI=1S/C18H21FN2O3/c1-9(2)24-18(23)15-11(4)16(20-12(15)5)17(22)21-13-7-6-10(3)14(19)8-13/h6-9,20H,1-5H3,(H,21,22). The second kappa shape index (κ2) is 6.86. The first-order valence-corrected chi connectivity index (χ1v) is 7.68. The number of amides is 1. The van der Waals surface area contributed by atoms with Crippen LogP contribution in [0.2, 0.25) is 0 Å². The van der Waals surface area contributed by atoms with Crippen LogP contribution < -0.4 is 5.32 Å². The average Bonchev–Trinajstić information content (AvgIpc) is 2.77. The molecular weight excluding hydrogens is 311 g/mol. The fourth-order valence-electron chi connectivity index (χ4n) is 2.42. The molecule has 0 saturated heterocycles. The first kappa shape index (κ1) is 17.7. The fourth-order valence-corrected chi connectivity index (χ4v) is 2.42. The van der Waals surface area contributed by atoms with Crippen molar-refractivity contribution in [2.45, 2.75) is 40.7 Å². The molecule has 0 unspecified atom stereocenters. The Balaban J connectivity index is 2.27. The average molecular weight is 332 g/mol. The van der Waals surface area contributed by atoms with Gasteiger partial charge in [0.2, 0.25) is 0 Å². The predicted molar refractivity (Wildman–Crippen MR) is 89.9 cm³/mol. The zero-order chi connectivity index (χ0) is 18.0. The van der Waals surface area contributed by atoms with Crippen LogP contribution in [0.5, 0.6) is 0 Å². The highest BCUT2D eigenvalue weighted by molar-refractivity contribution is 6.06. The van der Waals surface area contributed by atoms with Crippen molar-refractivity contribution in [3.05, 3.63) is 52.1 Å². The van der Waals surface area contributed by atoms with Crippen LogP contribution in [0.4, 0.5) is 10.1 Å². The number of benzene rings is 1. The number of nitrogens with one attached hydrogen (secondary N) is 2. The molecular formula is C18H21FN2O3. The van der Waals surface area contributed by atoms with E-state index in [4.69, 9.17) is 4.74 Å². The summed E-state index contributed by atoms with van der Waals surface area (Å²) in [5, 5.41) is 2.63. The van der Waals surface area contributed by atoms with Gasteiger partial charge in [-0.05, 0) is 57.9 Å². The lowest BCUT2D eigenvalue weighted by Crippen LogP contribution is -2.15. The van der Waals surface area contributed by atoms with Crippen LogP contribution in [-0.2, 0) is 4.74 Å². The molecule has 0 fully saturated rings. The number of H-pyrrole nitrogens is 1. The highest BCUT2D eigenvalue weighted by atomic mass is 19.1. The van der Waals surface area contributed by atoms with E-state index in [2.05, 4.69) is 10.3 Å². The topological polar surface area (TPSA) is 71.2 Å². The van der Waals surface area contributed by atoms with E-state index in [1.165, 1.54) is 6.07 Å². The molecule has 1 aromatic carbocycles. The lowest BCUT2D eigenvalue weighted by atomic mass is 10.1. The second-order valence-corrected chi connectivity index (χ2v) is 6.00. The molecule has 24 heavy (non-hydrogen) atoms. The monoisotopic (exact) mass is 332 g/mol. The van der Waals surface area contributed by atoms with Crippen molar-refractivity contribution < 1.29 is 18.7 Å². The highest BCUT2D eigenvalue weighted by Gasteiger charge is 2.23. The third-order valence-corrected chi connectivity index (χ3v) is 3.64. The molecule has 5 nitrogen and oxygen atoms in total. The van der Waals surface area contributed by atoms with Gasteiger partial charge in [0.1, 0.15) is 11.5 Å². The first-order chi connectivity index (χ1) is 11.2. The lowest BCUT2D eigenvalue weighted by Gasteiger charge is -2.08. The Morgan fingerprint density at radius 2 is 1.88 bits per heavy atom. The number of carbonyl (C=O) groups is 2. The van der Waals surface area contributed by atoms with Gasteiger partial charge in [-0.25, -0.2) is 9.18 Å². The molecule has 0 saturated carbocycles. The molecule has 128 valence electrons. The number of halogens is 1. The zero-order valence-electron chi connectivity index (χ0n) is 14.4. The van der Waals surface area contributed by atoms with Crippen LogP contribution in [-0.4, -0.2) is 23.0 Å². The van der Waals surface area contributed by atoms with Gasteiger partial charge in [0.15, 0.2) is 0 Å². The molecule has 1 amide bonds. The van der Waals surface area contributed by atoms with E-state index >= 15 is 0 Å². The molecule has 2 aromatic rings. The summed E-state index contributed by atoms with van der Waals surface area (Å²) in [5.41, 5.74) is 2.51. The van der Waals surface area contributed by atoms with Gasteiger partial charge < -0.3 is 15.0 Å². The van der Waals surface area contributed by atoms with E-state index in [9.17, 15) is 14.0 Å². The van der Waals surface area contributed by atoms with Gasteiger partial charge in [0, 0.05) is 11.4 Å². The molecule has 0 radical (unpaired) electrons. The number of hydrogen-bond donors (Lipinski definition) is 2. The number of esters is 1. The summed E-state index contributed by atoms with van der Waals surface area (Å²) < 4.78 is 18.8. The number of rotatable bonds is 4. The number of hydrogen-bond acceptors (Lipinski definition) is 3. The Morgan fingerprint density at radius 1 is 1.21 bits per heavy atom. The first-order valence-electron chi connectivity index (χ1n) is 7.68. The van der Waals surface area contributed by atoms with E-state index in [-0.39, 0.29) is 11.8 Å². The maximum Gasteiger partial charge on any atom is 0.340 e. The summed E-state index contributed by atoms with van der Waals surface area (Å²) in [4.78, 5) is 27.5. The van der Waals surface area contributed by atoms with Crippen molar-refractivity contribution in [1.82, 2.24) is 4.98 Å². The smallest absolute Gasteiger partial charge is 0.340 e. The summed E-state index contributed by atoms with van der Waals surface area (Å²) in [6.45, 7) is 8.53. The van der Waals surface area contributed by atoms with Crippen LogP contribution >= 0.6 is 0 Å². The zero-order valence-corrected chi connectivity index (χ0v) is 14.4. The number of ether oxygens (including phenoxy) is 1. The van der Waals surface area contributed by atoms with Gasteiger partial charge in [0.25, 0.3) is 5.91 Å². The Labute approximate surface area is 140 Å². The molecule has 0 aliphatic heterocycles. The van der Waals surface area contributed by atoms with Gasteiger partial charge in [-0.2, -0.15) is 0 Å². The fraction of sp³-hybridized carbons (Fsp3) is 0.333. The molecule has 2 N–H and O–H groups in total. The number of anilines is 1. The Kier molecular flexibility index (Phi) is 5.07. The minimum absolute atomic E-state index is 0.251. The largest absolute Gasteiger partial charge is 0.459 e. The number of carbonyl (C=O) groups excluding carboxylic acids is 2. The van der Waals surface area contributed by atoms with Crippen molar-refractivity contribution >= 4 is 17.6 Å². The molecule has 0 atom stereocenters. The second-order valence-electron chi connectivity index (χ2n) is 6.00. The van der Waals surface area contributed by atoms with E-state index < -0.39 is 17.7 Å². The normalized spacial score (nSPS) is 10.8. The summed E-state index contributed by atoms with van der Waals surface area (Å²) in [5.74, 6) is -1.31. The van der Waals surface area contributed by atoms with Gasteiger partial charge in [0.05, 0.1) is 11.7 Å². The van der Waals surface area contributed by atoms with Crippen LogP contribution in [0.25, 0.3) is 0 Å². The predicted octanol–water partition coefficient (Wildman–Crippen LogP) is 3.90. The molecule has 0 aliphatic carbocycles. The maximum absolute atomic E-state index is 13.6. The molecule has 0 spiro atoms. The minimum atomic E-state index is -0.475. The third kappa shape index (κ3) is 3.64. The Hall–Kier alpha value is -2.63. The van der Waals surface area contributed by atoms with Gasteiger partial charge >= 0.3 is 5.97 Å². The maximum atomic E-state index is 13.6. The number of aromatic amines is 1. The minimum Gasteiger partial charge on any atom is -0.459 e. The Bertz CT molecular complexity index is 794. The molecule has 1 aromatic heterocycles.